The lowest BCUT2D eigenvalue weighted by Gasteiger charge is -1.96. The van der Waals surface area contributed by atoms with Crippen molar-refractivity contribution in [2.24, 2.45) is 0 Å². The maximum Gasteiger partial charge on any atom is 0.147 e. The molecule has 0 aromatic rings. The van der Waals surface area contributed by atoms with Gasteiger partial charge in [-0.25, -0.2) is 8.42 Å². The van der Waals surface area contributed by atoms with E-state index in [9.17, 15) is 12.6 Å². The normalized spacial score (nSPS) is 14.7. The second kappa shape index (κ2) is 4.87. The zero-order chi connectivity index (χ0) is 8.91. The van der Waals surface area contributed by atoms with Gasteiger partial charge in [0.25, 0.3) is 0 Å². The molecule has 0 aliphatic carbocycles. The van der Waals surface area contributed by atoms with E-state index >= 15 is 0 Å². The van der Waals surface area contributed by atoms with Crippen molar-refractivity contribution < 1.29 is 12.6 Å². The highest BCUT2D eigenvalue weighted by atomic mass is 32.2. The van der Waals surface area contributed by atoms with E-state index in [0.29, 0.717) is 12.2 Å². The SMILES string of the molecule is CS(=O)CCCCS(C)(=O)=O. The van der Waals surface area contributed by atoms with Crippen molar-refractivity contribution in [3.63, 3.8) is 0 Å². The molecule has 11 heavy (non-hydrogen) atoms. The van der Waals surface area contributed by atoms with E-state index in [1.54, 1.807) is 6.26 Å². The molecule has 0 aromatic carbocycles. The van der Waals surface area contributed by atoms with Crippen molar-refractivity contribution in [2.45, 2.75) is 12.8 Å². The largest absolute Gasteiger partial charge is 0.260 e. The average Bonchev–Trinajstić information content (AvgIpc) is 1.78. The molecule has 1 unspecified atom stereocenters. The molecule has 0 saturated heterocycles. The van der Waals surface area contributed by atoms with Gasteiger partial charge >= 0.3 is 0 Å². The third-order valence-corrected chi connectivity index (χ3v) is 3.09. The second-order valence-electron chi connectivity index (χ2n) is 2.61. The summed E-state index contributed by atoms with van der Waals surface area (Å²) in [4.78, 5) is 0. The third-order valence-electron chi connectivity index (χ3n) is 1.20. The van der Waals surface area contributed by atoms with Gasteiger partial charge in [-0.05, 0) is 12.8 Å². The molecule has 68 valence electrons. The van der Waals surface area contributed by atoms with E-state index in [2.05, 4.69) is 0 Å². The quantitative estimate of drug-likeness (QED) is 0.593. The Kier molecular flexibility index (Phi) is 4.92. The molecule has 0 aromatic heterocycles. The van der Waals surface area contributed by atoms with Gasteiger partial charge < -0.3 is 0 Å². The molecule has 0 aliphatic rings. The van der Waals surface area contributed by atoms with E-state index in [0.717, 1.165) is 6.42 Å². The van der Waals surface area contributed by atoms with Gasteiger partial charge in [0.1, 0.15) is 9.84 Å². The van der Waals surface area contributed by atoms with Crippen LogP contribution in [0.25, 0.3) is 0 Å². The van der Waals surface area contributed by atoms with Crippen LogP contribution in [0.5, 0.6) is 0 Å². The Morgan fingerprint density at radius 1 is 1.27 bits per heavy atom. The zero-order valence-electron chi connectivity index (χ0n) is 6.87. The van der Waals surface area contributed by atoms with Crippen molar-refractivity contribution in [1.82, 2.24) is 0 Å². The van der Waals surface area contributed by atoms with Crippen LogP contribution in [0.15, 0.2) is 0 Å². The van der Waals surface area contributed by atoms with Gasteiger partial charge in [0, 0.05) is 34.8 Å². The molecule has 0 amide bonds. The maximum absolute atomic E-state index is 10.6. The van der Waals surface area contributed by atoms with Gasteiger partial charge in [-0.3, -0.25) is 4.21 Å². The standard InChI is InChI=1S/C6H14O3S2/c1-10(7)5-3-4-6-11(2,8)9/h3-6H2,1-2H3. The first-order chi connectivity index (χ1) is 4.92. The number of hydrogen-bond acceptors (Lipinski definition) is 3. The molecule has 0 heterocycles. The Balaban J connectivity index is 3.37. The minimum Gasteiger partial charge on any atom is -0.260 e. The van der Waals surface area contributed by atoms with Gasteiger partial charge in [0.05, 0.1) is 0 Å². The summed E-state index contributed by atoms with van der Waals surface area (Å²) in [5.41, 5.74) is 0. The number of rotatable bonds is 5. The smallest absolute Gasteiger partial charge is 0.147 e. The molecular formula is C6H14O3S2. The van der Waals surface area contributed by atoms with Crippen molar-refractivity contribution in [3.8, 4) is 0 Å². The monoisotopic (exact) mass is 198 g/mol. The average molecular weight is 198 g/mol. The fraction of sp³-hybridized carbons (Fsp3) is 1.00. The van der Waals surface area contributed by atoms with Gasteiger partial charge in [0.2, 0.25) is 0 Å². The summed E-state index contributed by atoms with van der Waals surface area (Å²) < 4.78 is 31.7. The predicted octanol–water partition coefficient (Wildman–Crippen LogP) is 0.190. The Bertz CT molecular complexity index is 218. The summed E-state index contributed by atoms with van der Waals surface area (Å²) in [6.07, 6.45) is 4.20. The first-order valence-electron chi connectivity index (χ1n) is 3.39. The van der Waals surface area contributed by atoms with Crippen LogP contribution in [0.3, 0.4) is 0 Å². The van der Waals surface area contributed by atoms with E-state index < -0.39 is 20.6 Å². The Morgan fingerprint density at radius 2 is 1.82 bits per heavy atom. The lowest BCUT2D eigenvalue weighted by Crippen LogP contribution is -2.04. The highest BCUT2D eigenvalue weighted by molar-refractivity contribution is 7.90. The Labute approximate surface area is 70.6 Å². The highest BCUT2D eigenvalue weighted by Crippen LogP contribution is 1.95. The molecule has 0 bridgehead atoms. The molecular weight excluding hydrogens is 184 g/mol. The summed E-state index contributed by atoms with van der Waals surface area (Å²) in [5.74, 6) is 0.819. The van der Waals surface area contributed by atoms with Gasteiger partial charge in [-0.15, -0.1) is 0 Å². The third kappa shape index (κ3) is 10.1. The van der Waals surface area contributed by atoms with E-state index in [4.69, 9.17) is 0 Å². The van der Waals surface area contributed by atoms with Crippen molar-refractivity contribution >= 4 is 20.6 Å². The topological polar surface area (TPSA) is 51.2 Å². The lowest BCUT2D eigenvalue weighted by molar-refractivity contribution is 0.598. The van der Waals surface area contributed by atoms with Crippen LogP contribution >= 0.6 is 0 Å². The highest BCUT2D eigenvalue weighted by Gasteiger charge is 2.01. The zero-order valence-corrected chi connectivity index (χ0v) is 8.50. The minimum absolute atomic E-state index is 0.212. The molecule has 0 aliphatic heterocycles. The van der Waals surface area contributed by atoms with Crippen LogP contribution in [0, 0.1) is 0 Å². The second-order valence-corrected chi connectivity index (χ2v) is 6.43. The van der Waals surface area contributed by atoms with Crippen LogP contribution in [0.4, 0.5) is 0 Å². The summed E-state index contributed by atoms with van der Waals surface area (Å²) >= 11 is 0. The van der Waals surface area contributed by atoms with Crippen LogP contribution in [0.2, 0.25) is 0 Å². The lowest BCUT2D eigenvalue weighted by atomic mass is 10.4. The molecule has 3 nitrogen and oxygen atoms in total. The molecule has 0 fully saturated rings. The van der Waals surface area contributed by atoms with E-state index in [1.165, 1.54) is 6.26 Å². The van der Waals surface area contributed by atoms with Crippen molar-refractivity contribution in [2.75, 3.05) is 24.0 Å². The molecule has 5 heteroatoms. The summed E-state index contributed by atoms with van der Waals surface area (Å²) in [7, 11) is -3.61. The van der Waals surface area contributed by atoms with Crippen LogP contribution < -0.4 is 0 Å². The first kappa shape index (κ1) is 11.1. The number of unbranched alkanes of at least 4 members (excludes halogenated alkanes) is 1. The minimum atomic E-state index is -2.82. The molecule has 1 atom stereocenters. The first-order valence-corrected chi connectivity index (χ1v) is 7.18. The molecule has 0 rings (SSSR count). The van der Waals surface area contributed by atoms with Crippen LogP contribution in [-0.2, 0) is 20.6 Å². The van der Waals surface area contributed by atoms with Gasteiger partial charge in [-0.2, -0.15) is 0 Å². The number of sulfone groups is 1. The van der Waals surface area contributed by atoms with Crippen molar-refractivity contribution in [3.05, 3.63) is 0 Å². The fourth-order valence-electron chi connectivity index (χ4n) is 0.670. The molecule has 0 spiro atoms. The Hall–Kier alpha value is 0.1000. The van der Waals surface area contributed by atoms with Crippen LogP contribution in [0.1, 0.15) is 12.8 Å². The van der Waals surface area contributed by atoms with Gasteiger partial charge in [0.15, 0.2) is 0 Å². The summed E-state index contributed by atoms with van der Waals surface area (Å²) in [5, 5.41) is 0. The fourth-order valence-corrected chi connectivity index (χ4v) is 2.01. The van der Waals surface area contributed by atoms with E-state index in [-0.39, 0.29) is 5.75 Å². The molecule has 0 N–H and O–H groups in total. The Morgan fingerprint density at radius 3 is 2.18 bits per heavy atom. The predicted molar refractivity (Wildman–Crippen MR) is 47.9 cm³/mol. The number of hydrogen-bond donors (Lipinski definition) is 0. The maximum atomic E-state index is 10.6. The molecule has 0 saturated carbocycles. The summed E-state index contributed by atoms with van der Waals surface area (Å²) in [6, 6.07) is 0. The van der Waals surface area contributed by atoms with Gasteiger partial charge in [-0.1, -0.05) is 0 Å². The van der Waals surface area contributed by atoms with Crippen molar-refractivity contribution in [1.29, 1.82) is 0 Å². The summed E-state index contributed by atoms with van der Waals surface area (Å²) in [6.45, 7) is 0. The van der Waals surface area contributed by atoms with E-state index in [1.807, 2.05) is 0 Å². The van der Waals surface area contributed by atoms with Crippen LogP contribution in [-0.4, -0.2) is 36.6 Å². The molecule has 0 radical (unpaired) electrons.